The van der Waals surface area contributed by atoms with Crippen LogP contribution < -0.4 is 11.1 Å². The fourth-order valence-electron chi connectivity index (χ4n) is 1.77. The quantitative estimate of drug-likeness (QED) is 0.869. The Bertz CT molecular complexity index is 466. The fraction of sp³-hybridized carbons (Fsp3) is 0.786. The van der Waals surface area contributed by atoms with Gasteiger partial charge in [-0.1, -0.05) is 39.3 Å². The van der Waals surface area contributed by atoms with Crippen LogP contribution >= 0.6 is 12.4 Å². The Balaban J connectivity index is 0.00000400. The summed E-state index contributed by atoms with van der Waals surface area (Å²) in [6, 6.07) is -0.356. The van der Waals surface area contributed by atoms with E-state index in [9.17, 15) is 4.79 Å². The van der Waals surface area contributed by atoms with E-state index in [2.05, 4.69) is 15.5 Å². The van der Waals surface area contributed by atoms with Crippen LogP contribution in [0, 0.1) is 0 Å². The average Bonchev–Trinajstić information content (AvgIpc) is 2.77. The van der Waals surface area contributed by atoms with Crippen LogP contribution in [0.1, 0.15) is 72.1 Å². The monoisotopic (exact) mass is 318 g/mol. The van der Waals surface area contributed by atoms with Crippen molar-refractivity contribution in [3.63, 3.8) is 0 Å². The Morgan fingerprint density at radius 2 is 1.95 bits per heavy atom. The Morgan fingerprint density at radius 1 is 1.38 bits per heavy atom. The zero-order valence-electron chi connectivity index (χ0n) is 13.7. The van der Waals surface area contributed by atoms with Crippen LogP contribution in [0.3, 0.4) is 0 Å². The number of nitrogens with one attached hydrogen (secondary N) is 1. The largest absolute Gasteiger partial charge is 0.343 e. The van der Waals surface area contributed by atoms with Gasteiger partial charge in [0.05, 0.1) is 5.54 Å². The highest BCUT2D eigenvalue weighted by molar-refractivity contribution is 5.86. The van der Waals surface area contributed by atoms with E-state index < -0.39 is 5.54 Å². The second kappa shape index (κ2) is 7.22. The van der Waals surface area contributed by atoms with Crippen molar-refractivity contribution in [1.82, 2.24) is 15.5 Å². The summed E-state index contributed by atoms with van der Waals surface area (Å²) in [5.74, 6) is 0.815. The Labute approximate surface area is 132 Å². The number of amides is 1. The highest BCUT2D eigenvalue weighted by atomic mass is 35.5. The van der Waals surface area contributed by atoms with E-state index in [1.165, 1.54) is 0 Å². The molecule has 122 valence electrons. The number of halogens is 1. The van der Waals surface area contributed by atoms with Gasteiger partial charge in [0.1, 0.15) is 6.04 Å². The van der Waals surface area contributed by atoms with Crippen LogP contribution in [0.4, 0.5) is 0 Å². The normalized spacial score (nSPS) is 15.8. The second-order valence-electron chi connectivity index (χ2n) is 6.57. The number of nitrogens with two attached hydrogens (primary N) is 1. The number of nitrogens with zero attached hydrogens (tertiary/aromatic N) is 2. The summed E-state index contributed by atoms with van der Waals surface area (Å²) in [5, 5.41) is 6.77. The highest BCUT2D eigenvalue weighted by Gasteiger charge is 2.30. The third-order valence-corrected chi connectivity index (χ3v) is 3.12. The maximum Gasteiger partial charge on any atom is 0.248 e. The maximum absolute atomic E-state index is 12.1. The summed E-state index contributed by atoms with van der Waals surface area (Å²) in [6.07, 6.45) is 1.48. The number of carbonyl (C=O) groups is 1. The fourth-order valence-corrected chi connectivity index (χ4v) is 1.77. The van der Waals surface area contributed by atoms with Crippen LogP contribution in [0.2, 0.25) is 0 Å². The number of hydrogen-bond acceptors (Lipinski definition) is 5. The average molecular weight is 319 g/mol. The molecule has 1 heterocycles. The molecule has 0 aliphatic rings. The molecule has 3 N–H and O–H groups in total. The van der Waals surface area contributed by atoms with E-state index in [-0.39, 0.29) is 29.8 Å². The lowest BCUT2D eigenvalue weighted by Crippen LogP contribution is -2.52. The third-order valence-electron chi connectivity index (χ3n) is 3.12. The van der Waals surface area contributed by atoms with Crippen LogP contribution in [0.5, 0.6) is 0 Å². The first-order valence-corrected chi connectivity index (χ1v) is 7.02. The van der Waals surface area contributed by atoms with Gasteiger partial charge in [-0.05, 0) is 20.3 Å². The van der Waals surface area contributed by atoms with Crippen LogP contribution in [-0.2, 0) is 10.2 Å². The third kappa shape index (κ3) is 5.28. The number of carbonyl (C=O) groups excluding carboxylic acids is 1. The highest BCUT2D eigenvalue weighted by Crippen LogP contribution is 2.21. The summed E-state index contributed by atoms with van der Waals surface area (Å²) < 4.78 is 5.21. The van der Waals surface area contributed by atoms with Gasteiger partial charge in [0.2, 0.25) is 11.8 Å². The van der Waals surface area contributed by atoms with E-state index in [1.54, 1.807) is 13.8 Å². The zero-order chi connectivity index (χ0) is 15.6. The van der Waals surface area contributed by atoms with Gasteiger partial charge in [0.25, 0.3) is 0 Å². The van der Waals surface area contributed by atoms with Crippen molar-refractivity contribution in [1.29, 1.82) is 0 Å². The number of hydrogen-bond donors (Lipinski definition) is 2. The first kappa shape index (κ1) is 19.9. The van der Waals surface area contributed by atoms with E-state index >= 15 is 0 Å². The molecule has 21 heavy (non-hydrogen) atoms. The van der Waals surface area contributed by atoms with Crippen LogP contribution in [-0.4, -0.2) is 21.6 Å². The van der Waals surface area contributed by atoms with Gasteiger partial charge < -0.3 is 15.6 Å². The predicted molar refractivity (Wildman–Crippen MR) is 84.3 cm³/mol. The topological polar surface area (TPSA) is 94.0 Å². The standard InChI is InChI=1S/C14H26N4O2.ClH/c1-7-8-14(6,15)12(19)16-9(2)10-17-11(18-20-10)13(3,4)5;/h9H,7-8,15H2,1-6H3,(H,16,19);1H. The summed E-state index contributed by atoms with van der Waals surface area (Å²) in [4.78, 5) is 16.4. The van der Waals surface area contributed by atoms with Crippen LogP contribution in [0.15, 0.2) is 4.52 Å². The molecule has 0 aromatic carbocycles. The molecule has 1 aromatic heterocycles. The first-order chi connectivity index (χ1) is 9.08. The molecule has 2 unspecified atom stereocenters. The molecule has 0 saturated carbocycles. The van der Waals surface area contributed by atoms with E-state index in [0.29, 0.717) is 18.1 Å². The summed E-state index contributed by atoms with van der Waals surface area (Å²) in [7, 11) is 0. The molecule has 0 bridgehead atoms. The minimum atomic E-state index is -0.879. The van der Waals surface area contributed by atoms with E-state index in [1.807, 2.05) is 27.7 Å². The lowest BCUT2D eigenvalue weighted by Gasteiger charge is -2.24. The Hall–Kier alpha value is -1.14. The molecule has 0 spiro atoms. The molecule has 0 aliphatic heterocycles. The summed E-state index contributed by atoms with van der Waals surface area (Å²) in [5.41, 5.74) is 4.93. The van der Waals surface area contributed by atoms with Gasteiger partial charge in [0, 0.05) is 5.41 Å². The van der Waals surface area contributed by atoms with Gasteiger partial charge in [-0.15, -0.1) is 12.4 Å². The molecule has 0 saturated heterocycles. The minimum absolute atomic E-state index is 0. The van der Waals surface area contributed by atoms with Gasteiger partial charge in [-0.2, -0.15) is 4.98 Å². The van der Waals surface area contributed by atoms with Crippen molar-refractivity contribution in [2.75, 3.05) is 0 Å². The van der Waals surface area contributed by atoms with Crippen molar-refractivity contribution >= 4 is 18.3 Å². The maximum atomic E-state index is 12.1. The zero-order valence-corrected chi connectivity index (χ0v) is 14.5. The molecule has 7 heteroatoms. The SMILES string of the molecule is CCCC(C)(N)C(=O)NC(C)c1nc(C(C)(C)C)no1.Cl. The molecular weight excluding hydrogens is 292 g/mol. The van der Waals surface area contributed by atoms with E-state index in [4.69, 9.17) is 10.3 Å². The predicted octanol–water partition coefficient (Wildman–Crippen LogP) is 2.48. The van der Waals surface area contributed by atoms with Crippen molar-refractivity contribution in [2.45, 2.75) is 71.4 Å². The Kier molecular flexibility index (Phi) is 6.83. The smallest absolute Gasteiger partial charge is 0.248 e. The molecule has 6 nitrogen and oxygen atoms in total. The van der Waals surface area contributed by atoms with Crippen molar-refractivity contribution < 1.29 is 9.32 Å². The molecule has 2 atom stereocenters. The summed E-state index contributed by atoms with van der Waals surface area (Å²) >= 11 is 0. The molecule has 0 aliphatic carbocycles. The molecular formula is C14H27ClN4O2. The second-order valence-corrected chi connectivity index (χ2v) is 6.57. The lowest BCUT2D eigenvalue weighted by molar-refractivity contribution is -0.126. The Morgan fingerprint density at radius 3 is 2.38 bits per heavy atom. The summed E-state index contributed by atoms with van der Waals surface area (Å²) in [6.45, 7) is 11.5. The minimum Gasteiger partial charge on any atom is -0.343 e. The van der Waals surface area contributed by atoms with Gasteiger partial charge in [0.15, 0.2) is 5.82 Å². The first-order valence-electron chi connectivity index (χ1n) is 7.02. The van der Waals surface area contributed by atoms with Crippen molar-refractivity contribution in [3.8, 4) is 0 Å². The molecule has 0 radical (unpaired) electrons. The van der Waals surface area contributed by atoms with Crippen LogP contribution in [0.25, 0.3) is 0 Å². The van der Waals surface area contributed by atoms with Crippen molar-refractivity contribution in [2.24, 2.45) is 5.73 Å². The molecule has 1 rings (SSSR count). The van der Waals surface area contributed by atoms with Gasteiger partial charge in [-0.25, -0.2) is 0 Å². The van der Waals surface area contributed by atoms with Gasteiger partial charge in [-0.3, -0.25) is 4.79 Å². The van der Waals surface area contributed by atoms with Crippen molar-refractivity contribution in [3.05, 3.63) is 11.7 Å². The number of rotatable bonds is 5. The van der Waals surface area contributed by atoms with Gasteiger partial charge >= 0.3 is 0 Å². The van der Waals surface area contributed by atoms with E-state index in [0.717, 1.165) is 6.42 Å². The lowest BCUT2D eigenvalue weighted by atomic mass is 9.96. The molecule has 1 aromatic rings. The molecule has 1 amide bonds. The molecule has 0 fully saturated rings. The number of aromatic nitrogens is 2.